The van der Waals surface area contributed by atoms with Crippen molar-refractivity contribution in [3.05, 3.63) is 35.9 Å². The molecule has 0 heterocycles. The van der Waals surface area contributed by atoms with E-state index in [4.69, 9.17) is 0 Å². The summed E-state index contributed by atoms with van der Waals surface area (Å²) in [5.41, 5.74) is 1.05. The molecule has 5 nitrogen and oxygen atoms in total. The molecule has 0 fully saturated rings. The van der Waals surface area contributed by atoms with E-state index in [0.29, 0.717) is 18.8 Å². The SMILES string of the molecule is CCC(C)[C@@H](NC(=O)CCC(C)C)C(=O)N[C@@H](CO)Cc1ccccc1. The molecule has 0 aliphatic heterocycles. The molecule has 0 aromatic heterocycles. The Balaban J connectivity index is 2.69. The van der Waals surface area contributed by atoms with Crippen molar-refractivity contribution in [2.24, 2.45) is 11.8 Å². The van der Waals surface area contributed by atoms with Crippen molar-refractivity contribution in [2.45, 2.75) is 65.5 Å². The first-order valence-electron chi connectivity index (χ1n) is 9.61. The van der Waals surface area contributed by atoms with Gasteiger partial charge in [0.25, 0.3) is 0 Å². The largest absolute Gasteiger partial charge is 0.394 e. The Kier molecular flexibility index (Phi) is 9.96. The zero-order valence-electron chi connectivity index (χ0n) is 16.5. The van der Waals surface area contributed by atoms with Crippen LogP contribution in [-0.2, 0) is 16.0 Å². The zero-order valence-corrected chi connectivity index (χ0v) is 16.5. The first kappa shape index (κ1) is 22.2. The van der Waals surface area contributed by atoms with Crippen LogP contribution in [0.1, 0.15) is 52.5 Å². The summed E-state index contributed by atoms with van der Waals surface area (Å²) in [5, 5.41) is 15.4. The number of hydrogen-bond donors (Lipinski definition) is 3. The van der Waals surface area contributed by atoms with Gasteiger partial charge in [0, 0.05) is 6.42 Å². The lowest BCUT2D eigenvalue weighted by Gasteiger charge is -2.26. The van der Waals surface area contributed by atoms with Crippen LogP contribution in [0.2, 0.25) is 0 Å². The Morgan fingerprint density at radius 2 is 1.73 bits per heavy atom. The van der Waals surface area contributed by atoms with Crippen molar-refractivity contribution in [1.82, 2.24) is 10.6 Å². The molecule has 0 bridgehead atoms. The summed E-state index contributed by atoms with van der Waals surface area (Å²) in [6.07, 6.45) is 2.56. The van der Waals surface area contributed by atoms with E-state index in [9.17, 15) is 14.7 Å². The highest BCUT2D eigenvalue weighted by Gasteiger charge is 2.27. The minimum absolute atomic E-state index is 0.0223. The van der Waals surface area contributed by atoms with Crippen LogP contribution in [0.3, 0.4) is 0 Å². The van der Waals surface area contributed by atoms with Gasteiger partial charge >= 0.3 is 0 Å². The molecule has 3 N–H and O–H groups in total. The van der Waals surface area contributed by atoms with Crippen molar-refractivity contribution in [3.8, 4) is 0 Å². The highest BCUT2D eigenvalue weighted by molar-refractivity contribution is 5.88. The van der Waals surface area contributed by atoms with Crippen molar-refractivity contribution in [3.63, 3.8) is 0 Å². The first-order valence-corrected chi connectivity index (χ1v) is 9.61. The third-order valence-electron chi connectivity index (χ3n) is 4.65. The smallest absolute Gasteiger partial charge is 0.243 e. The molecule has 146 valence electrons. The lowest BCUT2D eigenvalue weighted by atomic mass is 9.97. The van der Waals surface area contributed by atoms with Gasteiger partial charge in [0.05, 0.1) is 12.6 Å². The fraction of sp³-hybridized carbons (Fsp3) is 0.619. The van der Waals surface area contributed by atoms with Crippen molar-refractivity contribution in [2.75, 3.05) is 6.61 Å². The highest BCUT2D eigenvalue weighted by atomic mass is 16.3. The third kappa shape index (κ3) is 8.00. The van der Waals surface area contributed by atoms with E-state index in [2.05, 4.69) is 24.5 Å². The van der Waals surface area contributed by atoms with Gasteiger partial charge in [-0.15, -0.1) is 0 Å². The highest BCUT2D eigenvalue weighted by Crippen LogP contribution is 2.11. The minimum Gasteiger partial charge on any atom is -0.394 e. The van der Waals surface area contributed by atoms with Crippen LogP contribution in [0.5, 0.6) is 0 Å². The van der Waals surface area contributed by atoms with Gasteiger partial charge in [-0.3, -0.25) is 9.59 Å². The van der Waals surface area contributed by atoms with Crippen LogP contribution in [0.15, 0.2) is 30.3 Å². The van der Waals surface area contributed by atoms with Crippen LogP contribution in [-0.4, -0.2) is 35.6 Å². The number of rotatable bonds is 11. The molecule has 26 heavy (non-hydrogen) atoms. The standard InChI is InChI=1S/C21H34N2O3/c1-5-16(4)20(23-19(25)12-11-15(2)3)21(26)22-18(14-24)13-17-9-7-6-8-10-17/h6-10,15-16,18,20,24H,5,11-14H2,1-4H3,(H,22,26)(H,23,25)/t16?,18-,20-/m1/s1. The molecule has 0 aliphatic rings. The quantitative estimate of drug-likeness (QED) is 0.566. The molecule has 0 spiro atoms. The molecule has 5 heteroatoms. The lowest BCUT2D eigenvalue weighted by molar-refractivity contribution is -0.131. The molecule has 1 unspecified atom stereocenters. The van der Waals surface area contributed by atoms with E-state index in [1.54, 1.807) is 0 Å². The van der Waals surface area contributed by atoms with E-state index in [1.165, 1.54) is 0 Å². The summed E-state index contributed by atoms with van der Waals surface area (Å²) in [7, 11) is 0. The maximum absolute atomic E-state index is 12.7. The summed E-state index contributed by atoms with van der Waals surface area (Å²) in [6.45, 7) is 7.95. The summed E-state index contributed by atoms with van der Waals surface area (Å²) in [6, 6.07) is 8.78. The predicted molar refractivity (Wildman–Crippen MR) is 105 cm³/mol. The minimum atomic E-state index is -0.579. The predicted octanol–water partition coefficient (Wildman–Crippen LogP) is 2.67. The van der Waals surface area contributed by atoms with E-state index in [0.717, 1.165) is 18.4 Å². The van der Waals surface area contributed by atoms with Crippen LogP contribution in [0.25, 0.3) is 0 Å². The maximum atomic E-state index is 12.7. The normalized spacial score (nSPS) is 14.5. The molecule has 2 amide bonds. The Morgan fingerprint density at radius 1 is 1.08 bits per heavy atom. The summed E-state index contributed by atoms with van der Waals surface area (Å²) >= 11 is 0. The van der Waals surface area contributed by atoms with Crippen molar-refractivity contribution >= 4 is 11.8 Å². The molecule has 1 aromatic rings. The Labute approximate surface area is 157 Å². The van der Waals surface area contributed by atoms with Gasteiger partial charge in [0.2, 0.25) is 11.8 Å². The van der Waals surface area contributed by atoms with Gasteiger partial charge in [-0.25, -0.2) is 0 Å². The first-order chi connectivity index (χ1) is 12.4. The fourth-order valence-electron chi connectivity index (χ4n) is 2.72. The van der Waals surface area contributed by atoms with Gasteiger partial charge in [-0.1, -0.05) is 64.4 Å². The topological polar surface area (TPSA) is 78.4 Å². The van der Waals surface area contributed by atoms with Gasteiger partial charge in [0.15, 0.2) is 0 Å². The molecule has 0 aliphatic carbocycles. The van der Waals surface area contributed by atoms with E-state index in [-0.39, 0.29) is 30.4 Å². The average molecular weight is 363 g/mol. The van der Waals surface area contributed by atoms with E-state index in [1.807, 2.05) is 44.2 Å². The maximum Gasteiger partial charge on any atom is 0.243 e. The van der Waals surface area contributed by atoms with Crippen molar-refractivity contribution in [1.29, 1.82) is 0 Å². The van der Waals surface area contributed by atoms with Crippen LogP contribution >= 0.6 is 0 Å². The summed E-state index contributed by atoms with van der Waals surface area (Å²) < 4.78 is 0. The zero-order chi connectivity index (χ0) is 19.5. The Morgan fingerprint density at radius 3 is 2.27 bits per heavy atom. The molecule has 0 saturated carbocycles. The number of aliphatic hydroxyl groups excluding tert-OH is 1. The number of aliphatic hydroxyl groups is 1. The second-order valence-corrected chi connectivity index (χ2v) is 7.44. The second kappa shape index (κ2) is 11.7. The van der Waals surface area contributed by atoms with Crippen LogP contribution < -0.4 is 10.6 Å². The monoisotopic (exact) mass is 362 g/mol. The number of hydrogen-bond acceptors (Lipinski definition) is 3. The van der Waals surface area contributed by atoms with E-state index >= 15 is 0 Å². The molecular formula is C21H34N2O3. The molecule has 1 rings (SSSR count). The summed E-state index contributed by atoms with van der Waals surface area (Å²) in [5.74, 6) is 0.144. The molecular weight excluding hydrogens is 328 g/mol. The number of carbonyl (C=O) groups is 2. The molecule has 3 atom stereocenters. The fourth-order valence-corrected chi connectivity index (χ4v) is 2.72. The van der Waals surface area contributed by atoms with Crippen LogP contribution in [0, 0.1) is 11.8 Å². The lowest BCUT2D eigenvalue weighted by Crippen LogP contribution is -2.53. The Hall–Kier alpha value is -1.88. The number of carbonyl (C=O) groups excluding carboxylic acids is 2. The average Bonchev–Trinajstić information content (AvgIpc) is 2.63. The second-order valence-electron chi connectivity index (χ2n) is 7.44. The van der Waals surface area contributed by atoms with Crippen LogP contribution in [0.4, 0.5) is 0 Å². The molecule has 0 radical (unpaired) electrons. The van der Waals surface area contributed by atoms with Gasteiger partial charge < -0.3 is 15.7 Å². The molecule has 1 aromatic carbocycles. The number of benzene rings is 1. The van der Waals surface area contributed by atoms with E-state index < -0.39 is 6.04 Å². The number of nitrogens with one attached hydrogen (secondary N) is 2. The third-order valence-corrected chi connectivity index (χ3v) is 4.65. The summed E-state index contributed by atoms with van der Waals surface area (Å²) in [4.78, 5) is 24.9. The molecule has 0 saturated heterocycles. The van der Waals surface area contributed by atoms with Gasteiger partial charge in [-0.05, 0) is 30.2 Å². The van der Waals surface area contributed by atoms with Gasteiger partial charge in [-0.2, -0.15) is 0 Å². The number of amides is 2. The van der Waals surface area contributed by atoms with Crippen molar-refractivity contribution < 1.29 is 14.7 Å². The van der Waals surface area contributed by atoms with Gasteiger partial charge in [0.1, 0.15) is 6.04 Å². The Bertz CT molecular complexity index is 545.